The SMILES string of the molecule is NNC(=O)CCn1c2ccccc2c(=O)c2ccccc21. The molecular weight excluding hydrogens is 266 g/mol. The van der Waals surface area contributed by atoms with Crippen LogP contribution in [0.1, 0.15) is 6.42 Å². The standard InChI is InChI=1S/C16H15N3O2/c17-18-15(20)9-10-19-13-7-3-1-5-11(13)16(21)12-6-2-4-8-14(12)19/h1-8H,9-10,17H2,(H,18,20). The van der Waals surface area contributed by atoms with Crippen LogP contribution in [0.5, 0.6) is 0 Å². The minimum absolute atomic E-state index is 0.0146. The Labute approximate surface area is 121 Å². The smallest absolute Gasteiger partial charge is 0.235 e. The van der Waals surface area contributed by atoms with Crippen molar-refractivity contribution in [3.8, 4) is 0 Å². The van der Waals surface area contributed by atoms with Crippen molar-refractivity contribution >= 4 is 27.7 Å². The molecule has 2 aromatic carbocycles. The Kier molecular flexibility index (Phi) is 3.41. The summed E-state index contributed by atoms with van der Waals surface area (Å²) in [5.41, 5.74) is 3.79. The van der Waals surface area contributed by atoms with E-state index in [-0.39, 0.29) is 17.8 Å². The lowest BCUT2D eigenvalue weighted by Gasteiger charge is -2.14. The molecule has 3 rings (SSSR count). The van der Waals surface area contributed by atoms with E-state index in [0.29, 0.717) is 17.3 Å². The maximum atomic E-state index is 12.5. The Balaban J connectivity index is 2.29. The fourth-order valence-corrected chi connectivity index (χ4v) is 2.60. The first kappa shape index (κ1) is 13.3. The number of carbonyl (C=O) groups is 1. The van der Waals surface area contributed by atoms with Crippen molar-refractivity contribution < 1.29 is 4.79 Å². The van der Waals surface area contributed by atoms with Crippen molar-refractivity contribution in [1.29, 1.82) is 0 Å². The van der Waals surface area contributed by atoms with Crippen LogP contribution in [0.4, 0.5) is 0 Å². The summed E-state index contributed by atoms with van der Waals surface area (Å²) < 4.78 is 1.99. The van der Waals surface area contributed by atoms with Gasteiger partial charge in [-0.1, -0.05) is 24.3 Å². The Hall–Kier alpha value is -2.66. The molecule has 0 radical (unpaired) electrons. The number of nitrogens with one attached hydrogen (secondary N) is 1. The van der Waals surface area contributed by atoms with Gasteiger partial charge in [0.15, 0.2) is 5.43 Å². The number of hydrazine groups is 1. The van der Waals surface area contributed by atoms with Gasteiger partial charge in [0.2, 0.25) is 5.91 Å². The summed E-state index contributed by atoms with van der Waals surface area (Å²) in [5.74, 6) is 4.89. The number of nitrogens with zero attached hydrogens (tertiary/aromatic N) is 1. The van der Waals surface area contributed by atoms with Crippen LogP contribution in [0.3, 0.4) is 0 Å². The lowest BCUT2D eigenvalue weighted by atomic mass is 10.1. The lowest BCUT2D eigenvalue weighted by Crippen LogP contribution is -2.30. The highest BCUT2D eigenvalue weighted by Gasteiger charge is 2.10. The van der Waals surface area contributed by atoms with Gasteiger partial charge in [0, 0.05) is 23.7 Å². The zero-order chi connectivity index (χ0) is 14.8. The Morgan fingerprint density at radius 1 is 1.00 bits per heavy atom. The van der Waals surface area contributed by atoms with Crippen LogP contribution in [0.15, 0.2) is 53.3 Å². The number of para-hydroxylation sites is 2. The van der Waals surface area contributed by atoms with Crippen LogP contribution in [-0.4, -0.2) is 10.5 Å². The first-order chi connectivity index (χ1) is 10.2. The van der Waals surface area contributed by atoms with Crippen LogP contribution < -0.4 is 16.7 Å². The molecule has 0 aliphatic rings. The van der Waals surface area contributed by atoms with Gasteiger partial charge in [-0.2, -0.15) is 0 Å². The molecule has 1 heterocycles. The first-order valence-corrected chi connectivity index (χ1v) is 6.72. The summed E-state index contributed by atoms with van der Waals surface area (Å²) in [6.45, 7) is 0.463. The molecule has 0 aliphatic carbocycles. The molecule has 0 atom stereocenters. The van der Waals surface area contributed by atoms with E-state index in [2.05, 4.69) is 5.43 Å². The number of hydrogen-bond acceptors (Lipinski definition) is 3. The van der Waals surface area contributed by atoms with E-state index in [1.807, 2.05) is 53.1 Å². The van der Waals surface area contributed by atoms with E-state index in [4.69, 9.17) is 5.84 Å². The van der Waals surface area contributed by atoms with Crippen molar-refractivity contribution in [2.24, 2.45) is 5.84 Å². The van der Waals surface area contributed by atoms with E-state index in [1.165, 1.54) is 0 Å². The summed E-state index contributed by atoms with van der Waals surface area (Å²) in [7, 11) is 0. The Bertz CT molecular complexity index is 823. The van der Waals surface area contributed by atoms with E-state index in [1.54, 1.807) is 0 Å². The molecule has 3 aromatic rings. The molecule has 1 amide bonds. The van der Waals surface area contributed by atoms with Gasteiger partial charge in [0.1, 0.15) is 0 Å². The van der Waals surface area contributed by atoms with Crippen molar-refractivity contribution in [2.45, 2.75) is 13.0 Å². The van der Waals surface area contributed by atoms with E-state index in [9.17, 15) is 9.59 Å². The minimum Gasteiger partial charge on any atom is -0.340 e. The highest BCUT2D eigenvalue weighted by atomic mass is 16.2. The van der Waals surface area contributed by atoms with Gasteiger partial charge < -0.3 is 4.57 Å². The van der Waals surface area contributed by atoms with Crippen molar-refractivity contribution in [3.63, 3.8) is 0 Å². The van der Waals surface area contributed by atoms with Crippen molar-refractivity contribution in [2.75, 3.05) is 0 Å². The lowest BCUT2D eigenvalue weighted by molar-refractivity contribution is -0.121. The van der Waals surface area contributed by atoms with Crippen LogP contribution >= 0.6 is 0 Å². The monoisotopic (exact) mass is 281 g/mol. The molecule has 0 spiro atoms. The number of carbonyl (C=O) groups excluding carboxylic acids is 1. The highest BCUT2D eigenvalue weighted by Crippen LogP contribution is 2.19. The molecule has 3 N–H and O–H groups in total. The van der Waals surface area contributed by atoms with E-state index >= 15 is 0 Å². The van der Waals surface area contributed by atoms with Crippen LogP contribution in [0, 0.1) is 0 Å². The summed E-state index contributed by atoms with van der Waals surface area (Å²) in [4.78, 5) is 23.9. The van der Waals surface area contributed by atoms with E-state index < -0.39 is 0 Å². The third-order valence-electron chi connectivity index (χ3n) is 3.60. The minimum atomic E-state index is -0.234. The van der Waals surface area contributed by atoms with Gasteiger partial charge in [0.25, 0.3) is 0 Å². The molecule has 0 saturated heterocycles. The molecule has 0 bridgehead atoms. The quantitative estimate of drug-likeness (QED) is 0.331. The Morgan fingerprint density at radius 2 is 1.52 bits per heavy atom. The summed E-state index contributed by atoms with van der Waals surface area (Å²) in [6.07, 6.45) is 0.257. The summed E-state index contributed by atoms with van der Waals surface area (Å²) >= 11 is 0. The average molecular weight is 281 g/mol. The first-order valence-electron chi connectivity index (χ1n) is 6.72. The number of amides is 1. The molecule has 21 heavy (non-hydrogen) atoms. The number of nitrogens with two attached hydrogens (primary N) is 1. The fraction of sp³-hybridized carbons (Fsp3) is 0.125. The van der Waals surface area contributed by atoms with Gasteiger partial charge in [-0.3, -0.25) is 15.0 Å². The molecule has 0 unspecified atom stereocenters. The molecule has 106 valence electrons. The molecule has 0 aliphatic heterocycles. The second kappa shape index (κ2) is 5.38. The maximum Gasteiger partial charge on any atom is 0.235 e. The average Bonchev–Trinajstić information content (AvgIpc) is 2.54. The van der Waals surface area contributed by atoms with Crippen LogP contribution in [0.25, 0.3) is 21.8 Å². The van der Waals surface area contributed by atoms with Gasteiger partial charge in [-0.05, 0) is 24.3 Å². The normalized spacial score (nSPS) is 10.9. The third kappa shape index (κ3) is 2.28. The number of benzene rings is 2. The topological polar surface area (TPSA) is 77.1 Å². The van der Waals surface area contributed by atoms with E-state index in [0.717, 1.165) is 11.0 Å². The highest BCUT2D eigenvalue weighted by molar-refractivity contribution is 5.93. The Morgan fingerprint density at radius 3 is 2.05 bits per heavy atom. The van der Waals surface area contributed by atoms with Gasteiger partial charge in [-0.15, -0.1) is 0 Å². The number of rotatable bonds is 3. The number of aromatic nitrogens is 1. The van der Waals surface area contributed by atoms with Gasteiger partial charge >= 0.3 is 0 Å². The molecule has 1 aromatic heterocycles. The summed E-state index contributed by atoms with van der Waals surface area (Å²) in [5, 5.41) is 1.31. The molecule has 0 saturated carbocycles. The molecule has 5 nitrogen and oxygen atoms in total. The molecule has 0 fully saturated rings. The summed E-state index contributed by atoms with van der Waals surface area (Å²) in [6, 6.07) is 14.9. The van der Waals surface area contributed by atoms with Crippen molar-refractivity contribution in [1.82, 2.24) is 9.99 Å². The predicted molar refractivity (Wildman–Crippen MR) is 82.7 cm³/mol. The molecular formula is C16H15N3O2. The van der Waals surface area contributed by atoms with Gasteiger partial charge in [-0.25, -0.2) is 5.84 Å². The zero-order valence-corrected chi connectivity index (χ0v) is 11.4. The largest absolute Gasteiger partial charge is 0.340 e. The maximum absolute atomic E-state index is 12.5. The predicted octanol–water partition coefficient (Wildman–Crippen LogP) is 1.53. The number of fused-ring (bicyclic) bond motifs is 2. The fourth-order valence-electron chi connectivity index (χ4n) is 2.60. The second-order valence-corrected chi connectivity index (χ2v) is 4.83. The second-order valence-electron chi connectivity index (χ2n) is 4.83. The number of pyridine rings is 1. The third-order valence-corrected chi connectivity index (χ3v) is 3.60. The number of hydrogen-bond donors (Lipinski definition) is 2. The molecule has 5 heteroatoms. The number of aryl methyl sites for hydroxylation is 1. The zero-order valence-electron chi connectivity index (χ0n) is 11.4. The van der Waals surface area contributed by atoms with Crippen LogP contribution in [-0.2, 0) is 11.3 Å². The van der Waals surface area contributed by atoms with Crippen molar-refractivity contribution in [3.05, 3.63) is 58.8 Å². The van der Waals surface area contributed by atoms with Gasteiger partial charge in [0.05, 0.1) is 11.0 Å². The van der Waals surface area contributed by atoms with Crippen LogP contribution in [0.2, 0.25) is 0 Å².